The average Bonchev–Trinajstić information content (AvgIpc) is 2.55. The van der Waals surface area contributed by atoms with Gasteiger partial charge in [-0.1, -0.05) is 0 Å². The van der Waals surface area contributed by atoms with Gasteiger partial charge in [0.1, 0.15) is 17.1 Å². The van der Waals surface area contributed by atoms with Gasteiger partial charge in [0.25, 0.3) is 0 Å². The van der Waals surface area contributed by atoms with Crippen molar-refractivity contribution in [1.29, 1.82) is 0 Å². The molecule has 0 spiro atoms. The second kappa shape index (κ2) is 5.60. The fraction of sp³-hybridized carbons (Fsp3) is 0.857. The molecule has 2 atom stereocenters. The van der Waals surface area contributed by atoms with Crippen LogP contribution in [-0.2, 0) is 14.3 Å². The summed E-state index contributed by atoms with van der Waals surface area (Å²) < 4.78 is 10.5. The average molecular weight is 287 g/mol. The monoisotopic (exact) mass is 287 g/mol. The van der Waals surface area contributed by atoms with E-state index in [-0.39, 0.29) is 13.1 Å². The molecule has 0 aromatic heterocycles. The second-order valence-corrected chi connectivity index (χ2v) is 7.09. The van der Waals surface area contributed by atoms with Crippen LogP contribution in [0.5, 0.6) is 0 Å². The number of ether oxygens (including phenoxy) is 2. The lowest BCUT2D eigenvalue weighted by atomic mass is 10.1. The summed E-state index contributed by atoms with van der Waals surface area (Å²) in [6.07, 6.45) is -1.44. The number of carbonyl (C=O) groups excluding carboxylic acids is 2. The Labute approximate surface area is 120 Å². The summed E-state index contributed by atoms with van der Waals surface area (Å²) in [5.41, 5.74) is -1.22. The molecule has 6 nitrogen and oxygen atoms in total. The minimum atomic E-state index is -0.919. The Hall–Kier alpha value is -1.30. The third-order valence-electron chi connectivity index (χ3n) is 2.65. The Bertz CT molecular complexity index is 380. The number of aliphatic hydroxyl groups excluding tert-OH is 1. The highest BCUT2D eigenvalue weighted by Crippen LogP contribution is 2.23. The van der Waals surface area contributed by atoms with E-state index < -0.39 is 35.3 Å². The summed E-state index contributed by atoms with van der Waals surface area (Å²) in [6.45, 7) is 10.8. The molecule has 0 aliphatic carbocycles. The molecule has 0 saturated carbocycles. The van der Waals surface area contributed by atoms with Gasteiger partial charge < -0.3 is 19.5 Å². The van der Waals surface area contributed by atoms with E-state index in [1.54, 1.807) is 41.5 Å². The summed E-state index contributed by atoms with van der Waals surface area (Å²) in [4.78, 5) is 25.2. The summed E-state index contributed by atoms with van der Waals surface area (Å²) >= 11 is 0. The van der Waals surface area contributed by atoms with Gasteiger partial charge in [0.05, 0.1) is 12.6 Å². The lowest BCUT2D eigenvalue weighted by molar-refractivity contribution is -0.162. The number of nitrogens with zero attached hydrogens (tertiary/aromatic N) is 1. The predicted molar refractivity (Wildman–Crippen MR) is 73.1 cm³/mol. The summed E-state index contributed by atoms with van der Waals surface area (Å²) in [7, 11) is 0. The number of carbonyl (C=O) groups is 2. The van der Waals surface area contributed by atoms with Gasteiger partial charge in [0.2, 0.25) is 0 Å². The molecule has 1 aliphatic rings. The summed E-state index contributed by atoms with van der Waals surface area (Å²) in [5.74, 6) is -1.21. The van der Waals surface area contributed by atoms with Gasteiger partial charge in [-0.05, 0) is 41.5 Å². The minimum absolute atomic E-state index is 0.0822. The molecule has 1 aliphatic heterocycles. The molecule has 6 heteroatoms. The van der Waals surface area contributed by atoms with Gasteiger partial charge >= 0.3 is 12.1 Å². The van der Waals surface area contributed by atoms with E-state index in [2.05, 4.69) is 0 Å². The molecule has 0 radical (unpaired) electrons. The lowest BCUT2D eigenvalue weighted by Gasteiger charge is -2.24. The zero-order chi connectivity index (χ0) is 15.7. The molecule has 0 aromatic carbocycles. The van der Waals surface area contributed by atoms with E-state index in [0.29, 0.717) is 0 Å². The van der Waals surface area contributed by atoms with Crippen LogP contribution >= 0.6 is 0 Å². The third kappa shape index (κ3) is 5.00. The SMILES string of the molecule is CC(C)(C)OC(=O)[C@H]1CN(C(=O)OC(C)(C)C)C[C@@H]1O. The van der Waals surface area contributed by atoms with Gasteiger partial charge in [-0.15, -0.1) is 0 Å². The van der Waals surface area contributed by atoms with Crippen molar-refractivity contribution in [2.45, 2.75) is 58.8 Å². The Morgan fingerprint density at radius 3 is 1.95 bits per heavy atom. The first kappa shape index (κ1) is 16.8. The van der Waals surface area contributed by atoms with Crippen LogP contribution in [0.25, 0.3) is 0 Å². The quantitative estimate of drug-likeness (QED) is 0.741. The molecule has 20 heavy (non-hydrogen) atoms. The van der Waals surface area contributed by atoms with Crippen molar-refractivity contribution in [2.24, 2.45) is 5.92 Å². The van der Waals surface area contributed by atoms with Gasteiger partial charge in [0, 0.05) is 6.54 Å². The van der Waals surface area contributed by atoms with E-state index >= 15 is 0 Å². The zero-order valence-electron chi connectivity index (χ0n) is 13.1. The first-order valence-electron chi connectivity index (χ1n) is 6.78. The van der Waals surface area contributed by atoms with Crippen LogP contribution in [0.15, 0.2) is 0 Å². The highest BCUT2D eigenvalue weighted by atomic mass is 16.6. The summed E-state index contributed by atoms with van der Waals surface area (Å²) in [6, 6.07) is 0. The highest BCUT2D eigenvalue weighted by molar-refractivity contribution is 5.77. The number of esters is 1. The van der Waals surface area contributed by atoms with Gasteiger partial charge in [0.15, 0.2) is 0 Å². The van der Waals surface area contributed by atoms with Crippen LogP contribution in [0.1, 0.15) is 41.5 Å². The molecule has 0 unspecified atom stereocenters. The molecule has 1 fully saturated rings. The molecular weight excluding hydrogens is 262 g/mol. The number of aliphatic hydroxyl groups is 1. The van der Waals surface area contributed by atoms with E-state index in [0.717, 1.165) is 0 Å². The minimum Gasteiger partial charge on any atom is -0.460 e. The predicted octanol–water partition coefficient (Wildman–Crippen LogP) is 1.56. The van der Waals surface area contributed by atoms with Crippen LogP contribution in [0.4, 0.5) is 4.79 Å². The number of amides is 1. The van der Waals surface area contributed by atoms with Gasteiger partial charge in [-0.2, -0.15) is 0 Å². The van der Waals surface area contributed by atoms with Crippen molar-refractivity contribution in [3.05, 3.63) is 0 Å². The van der Waals surface area contributed by atoms with Crippen LogP contribution in [0.3, 0.4) is 0 Å². The van der Waals surface area contributed by atoms with Crippen molar-refractivity contribution in [2.75, 3.05) is 13.1 Å². The van der Waals surface area contributed by atoms with E-state index in [1.165, 1.54) is 4.90 Å². The third-order valence-corrected chi connectivity index (χ3v) is 2.65. The van der Waals surface area contributed by atoms with Crippen molar-refractivity contribution in [3.8, 4) is 0 Å². The molecule has 0 bridgehead atoms. The smallest absolute Gasteiger partial charge is 0.410 e. The number of hydrogen-bond donors (Lipinski definition) is 1. The van der Waals surface area contributed by atoms with Gasteiger partial charge in [-0.25, -0.2) is 4.79 Å². The fourth-order valence-electron chi connectivity index (χ4n) is 1.87. The highest BCUT2D eigenvalue weighted by Gasteiger charge is 2.42. The molecule has 116 valence electrons. The molecule has 1 rings (SSSR count). The van der Waals surface area contributed by atoms with Crippen LogP contribution in [-0.4, -0.2) is 52.5 Å². The normalized spacial score (nSPS) is 23.6. The maximum Gasteiger partial charge on any atom is 0.410 e. The number of likely N-dealkylation sites (tertiary alicyclic amines) is 1. The lowest BCUT2D eigenvalue weighted by Crippen LogP contribution is -2.36. The van der Waals surface area contributed by atoms with Crippen LogP contribution in [0, 0.1) is 5.92 Å². The van der Waals surface area contributed by atoms with Crippen molar-refractivity contribution in [3.63, 3.8) is 0 Å². The van der Waals surface area contributed by atoms with Gasteiger partial charge in [-0.3, -0.25) is 4.79 Å². The van der Waals surface area contributed by atoms with Crippen LogP contribution < -0.4 is 0 Å². The number of β-amino-alcohol motifs (C(OH)–C–C–N with tert-alkyl or cyclic N) is 1. The Morgan fingerprint density at radius 1 is 1.00 bits per heavy atom. The first-order valence-corrected chi connectivity index (χ1v) is 6.78. The van der Waals surface area contributed by atoms with Crippen LogP contribution in [0.2, 0.25) is 0 Å². The Kier molecular flexibility index (Phi) is 4.69. The Morgan fingerprint density at radius 2 is 1.50 bits per heavy atom. The maximum atomic E-state index is 12.0. The van der Waals surface area contributed by atoms with Crippen molar-refractivity contribution < 1.29 is 24.2 Å². The standard InChI is InChI=1S/C14H25NO5/c1-13(2,3)19-11(17)9-7-15(8-10(9)16)12(18)20-14(4,5)6/h9-10,16H,7-8H2,1-6H3/t9-,10-/m0/s1. The van der Waals surface area contributed by atoms with E-state index in [9.17, 15) is 14.7 Å². The van der Waals surface area contributed by atoms with Crippen molar-refractivity contribution >= 4 is 12.1 Å². The zero-order valence-corrected chi connectivity index (χ0v) is 13.1. The number of rotatable bonds is 1. The van der Waals surface area contributed by atoms with E-state index in [4.69, 9.17) is 9.47 Å². The second-order valence-electron chi connectivity index (χ2n) is 7.09. The molecule has 1 saturated heterocycles. The molecule has 0 aromatic rings. The number of hydrogen-bond acceptors (Lipinski definition) is 5. The maximum absolute atomic E-state index is 12.0. The molecule has 1 amide bonds. The molecule has 1 N–H and O–H groups in total. The fourth-order valence-corrected chi connectivity index (χ4v) is 1.87. The summed E-state index contributed by atoms with van der Waals surface area (Å²) in [5, 5.41) is 9.92. The Balaban J connectivity index is 2.63. The van der Waals surface area contributed by atoms with E-state index in [1.807, 2.05) is 0 Å². The largest absolute Gasteiger partial charge is 0.460 e. The molecular formula is C14H25NO5. The molecule has 1 heterocycles. The first-order chi connectivity index (χ1) is 8.89. The topological polar surface area (TPSA) is 76.1 Å². The van der Waals surface area contributed by atoms with Crippen molar-refractivity contribution in [1.82, 2.24) is 4.90 Å².